The van der Waals surface area contributed by atoms with Gasteiger partial charge in [-0.05, 0) is 30.2 Å². The molecule has 30 heavy (non-hydrogen) atoms. The lowest BCUT2D eigenvalue weighted by Gasteiger charge is -2.18. The van der Waals surface area contributed by atoms with E-state index in [1.807, 2.05) is 0 Å². The maximum atomic E-state index is 14.7. The minimum atomic E-state index is -3.13. The van der Waals surface area contributed by atoms with E-state index in [1.54, 1.807) is 0 Å². The molecule has 0 aliphatic carbocycles. The van der Waals surface area contributed by atoms with Crippen LogP contribution in [0.4, 0.5) is 14.9 Å². The zero-order chi connectivity index (χ0) is 21.5. The second-order valence-electron chi connectivity index (χ2n) is 6.96. The summed E-state index contributed by atoms with van der Waals surface area (Å²) in [6.45, 7) is -0.116. The summed E-state index contributed by atoms with van der Waals surface area (Å²) in [4.78, 5) is 25.1. The smallest absolute Gasteiger partial charge is 0.414 e. The number of hydrogen-bond donors (Lipinski definition) is 1. The number of carbonyl (C=O) groups is 2. The number of hydrogen-bond acceptors (Lipinski definition) is 7. The number of halogens is 1. The van der Waals surface area contributed by atoms with E-state index in [4.69, 9.17) is 4.74 Å². The molecule has 158 valence electrons. The summed E-state index contributed by atoms with van der Waals surface area (Å²) in [7, 11) is -3.13. The van der Waals surface area contributed by atoms with E-state index in [-0.39, 0.29) is 35.7 Å². The van der Waals surface area contributed by atoms with Crippen LogP contribution in [-0.2, 0) is 19.4 Å². The highest BCUT2D eigenvalue weighted by Gasteiger charge is 2.42. The molecule has 2 atom stereocenters. The van der Waals surface area contributed by atoms with Crippen molar-refractivity contribution in [3.05, 3.63) is 48.0 Å². The summed E-state index contributed by atoms with van der Waals surface area (Å²) in [6.07, 6.45) is 2.51. The van der Waals surface area contributed by atoms with Crippen molar-refractivity contribution in [3.63, 3.8) is 0 Å². The third-order valence-electron chi connectivity index (χ3n) is 5.04. The number of anilines is 1. The van der Waals surface area contributed by atoms with Gasteiger partial charge < -0.3 is 9.84 Å². The van der Waals surface area contributed by atoms with E-state index < -0.39 is 39.9 Å². The van der Waals surface area contributed by atoms with Crippen molar-refractivity contribution >= 4 is 33.2 Å². The van der Waals surface area contributed by atoms with Crippen molar-refractivity contribution in [2.24, 2.45) is 0 Å². The molecule has 2 aliphatic heterocycles. The largest absolute Gasteiger partial charge is 0.480 e. The molecule has 1 fully saturated rings. The molecule has 1 unspecified atom stereocenters. The summed E-state index contributed by atoms with van der Waals surface area (Å²) >= 11 is 0. The van der Waals surface area contributed by atoms with Crippen LogP contribution in [0.1, 0.15) is 18.0 Å². The zero-order valence-corrected chi connectivity index (χ0v) is 16.3. The van der Waals surface area contributed by atoms with Gasteiger partial charge in [0.05, 0.1) is 29.9 Å². The standard InChI is InChI=1S/C18H17FN4O6S/c19-14-9-12(1-2-13(14)11-3-7-30(27,28)8-4-11)22-10-15(29-18(22)26)16(17(24)25)23-6-5-20-21-23/h1-3,5-6,9,15-16H,4,7-8,10H2,(H,24,25)/t15-,16?/m1/s1. The number of carboxylic acids is 1. The van der Waals surface area contributed by atoms with Gasteiger partial charge in [-0.25, -0.2) is 27.1 Å². The lowest BCUT2D eigenvalue weighted by atomic mass is 10.0. The number of aliphatic carboxylic acids is 1. The van der Waals surface area contributed by atoms with Crippen LogP contribution in [0.3, 0.4) is 0 Å². The Bertz CT molecular complexity index is 1130. The first-order valence-corrected chi connectivity index (χ1v) is 10.8. The molecule has 0 saturated carbocycles. The Morgan fingerprint density at radius 2 is 2.17 bits per heavy atom. The number of carbonyl (C=O) groups excluding carboxylic acids is 1. The first-order chi connectivity index (χ1) is 14.2. The fourth-order valence-electron chi connectivity index (χ4n) is 3.52. The van der Waals surface area contributed by atoms with Crippen LogP contribution in [0.25, 0.3) is 5.57 Å². The molecular weight excluding hydrogens is 419 g/mol. The van der Waals surface area contributed by atoms with Gasteiger partial charge in [0.1, 0.15) is 5.82 Å². The molecule has 10 nitrogen and oxygen atoms in total. The fourth-order valence-corrected chi connectivity index (χ4v) is 4.68. The number of aromatic nitrogens is 3. The van der Waals surface area contributed by atoms with Crippen molar-refractivity contribution in [2.75, 3.05) is 23.0 Å². The van der Waals surface area contributed by atoms with E-state index >= 15 is 0 Å². The normalized spacial score (nSPS) is 21.8. The summed E-state index contributed by atoms with van der Waals surface area (Å²) in [6, 6.07) is 2.85. The maximum Gasteiger partial charge on any atom is 0.414 e. The average molecular weight is 436 g/mol. The highest BCUT2D eigenvalue weighted by molar-refractivity contribution is 7.91. The average Bonchev–Trinajstić information content (AvgIpc) is 3.32. The van der Waals surface area contributed by atoms with Gasteiger partial charge in [-0.15, -0.1) is 5.10 Å². The van der Waals surface area contributed by atoms with E-state index in [9.17, 15) is 27.5 Å². The van der Waals surface area contributed by atoms with Gasteiger partial charge in [0.25, 0.3) is 0 Å². The van der Waals surface area contributed by atoms with Crippen molar-refractivity contribution in [2.45, 2.75) is 18.6 Å². The minimum Gasteiger partial charge on any atom is -0.480 e. The Kier molecular flexibility index (Phi) is 5.02. The number of allylic oxidation sites excluding steroid dienone is 1. The van der Waals surface area contributed by atoms with Crippen molar-refractivity contribution in [1.82, 2.24) is 15.0 Å². The van der Waals surface area contributed by atoms with Crippen LogP contribution in [0, 0.1) is 5.82 Å². The number of nitrogens with zero attached hydrogens (tertiary/aromatic N) is 4. The van der Waals surface area contributed by atoms with Crippen LogP contribution in [0.5, 0.6) is 0 Å². The highest BCUT2D eigenvalue weighted by Crippen LogP contribution is 2.31. The number of rotatable bonds is 5. The van der Waals surface area contributed by atoms with E-state index in [0.717, 1.165) is 15.6 Å². The van der Waals surface area contributed by atoms with Gasteiger partial charge >= 0.3 is 12.1 Å². The minimum absolute atomic E-state index is 0.0426. The highest BCUT2D eigenvalue weighted by atomic mass is 32.2. The van der Waals surface area contributed by atoms with E-state index in [2.05, 4.69) is 10.3 Å². The van der Waals surface area contributed by atoms with Crippen LogP contribution in [0.2, 0.25) is 0 Å². The molecule has 3 heterocycles. The zero-order valence-electron chi connectivity index (χ0n) is 15.5. The number of carboxylic acid groups (broad SMARTS) is 1. The van der Waals surface area contributed by atoms with Crippen molar-refractivity contribution in [1.29, 1.82) is 0 Å². The van der Waals surface area contributed by atoms with E-state index in [1.165, 1.54) is 30.6 Å². The van der Waals surface area contributed by atoms with Crippen LogP contribution >= 0.6 is 0 Å². The number of benzene rings is 1. The summed E-state index contributed by atoms with van der Waals surface area (Å²) < 4.78 is 44.1. The molecule has 0 radical (unpaired) electrons. The lowest BCUT2D eigenvalue weighted by molar-refractivity contribution is -0.144. The van der Waals surface area contributed by atoms with Crippen LogP contribution in [-0.4, -0.2) is 64.7 Å². The Labute approximate surface area is 170 Å². The third kappa shape index (κ3) is 3.77. The molecular formula is C18H17FN4O6S. The second-order valence-corrected chi connectivity index (χ2v) is 9.19. The van der Waals surface area contributed by atoms with Gasteiger partial charge in [-0.3, -0.25) is 4.90 Å². The maximum absolute atomic E-state index is 14.7. The number of ether oxygens (including phenoxy) is 1. The molecule has 0 spiro atoms. The predicted octanol–water partition coefficient (Wildman–Crippen LogP) is 1.27. The Hall–Kier alpha value is -3.28. The Morgan fingerprint density at radius 1 is 1.37 bits per heavy atom. The molecule has 1 saturated heterocycles. The van der Waals surface area contributed by atoms with Crippen molar-refractivity contribution < 1.29 is 32.2 Å². The number of sulfone groups is 1. The molecule has 2 aromatic rings. The molecule has 1 N–H and O–H groups in total. The quantitative estimate of drug-likeness (QED) is 0.741. The molecule has 1 aromatic heterocycles. The lowest BCUT2D eigenvalue weighted by Crippen LogP contribution is -2.35. The number of amides is 1. The molecule has 1 amide bonds. The molecule has 2 aliphatic rings. The molecule has 0 bridgehead atoms. The summed E-state index contributed by atoms with van der Waals surface area (Å²) in [5.74, 6) is -2.04. The molecule has 4 rings (SSSR count). The predicted molar refractivity (Wildman–Crippen MR) is 102 cm³/mol. The van der Waals surface area contributed by atoms with E-state index in [0.29, 0.717) is 5.57 Å². The number of cyclic esters (lactones) is 1. The van der Waals surface area contributed by atoms with Gasteiger partial charge in [-0.1, -0.05) is 11.3 Å². The first kappa shape index (κ1) is 20.0. The van der Waals surface area contributed by atoms with Gasteiger partial charge in [-0.2, -0.15) is 0 Å². The second kappa shape index (κ2) is 7.52. The van der Waals surface area contributed by atoms with Gasteiger partial charge in [0, 0.05) is 11.8 Å². The molecule has 12 heteroatoms. The Balaban J connectivity index is 1.56. The van der Waals surface area contributed by atoms with Gasteiger partial charge in [0.15, 0.2) is 22.0 Å². The van der Waals surface area contributed by atoms with Crippen LogP contribution in [0.15, 0.2) is 36.7 Å². The monoisotopic (exact) mass is 436 g/mol. The first-order valence-electron chi connectivity index (χ1n) is 9.01. The third-order valence-corrected chi connectivity index (χ3v) is 6.54. The summed E-state index contributed by atoms with van der Waals surface area (Å²) in [5.41, 5.74) is 1.06. The van der Waals surface area contributed by atoms with Crippen molar-refractivity contribution in [3.8, 4) is 0 Å². The molecule has 1 aromatic carbocycles. The SMILES string of the molecule is O=C(O)C([C@H]1CN(c2ccc(C3=CCS(=O)(=O)CC3)c(F)c2)C(=O)O1)n1ccnn1. The topological polar surface area (TPSA) is 132 Å². The van der Waals surface area contributed by atoms with Crippen LogP contribution < -0.4 is 4.90 Å². The fraction of sp³-hybridized carbons (Fsp3) is 0.333. The van der Waals surface area contributed by atoms with Gasteiger partial charge in [0.2, 0.25) is 0 Å². The summed E-state index contributed by atoms with van der Waals surface area (Å²) in [5, 5.41) is 16.7. The Morgan fingerprint density at radius 3 is 2.77 bits per heavy atom.